The lowest BCUT2D eigenvalue weighted by molar-refractivity contribution is -0.131. The normalized spacial score (nSPS) is 10.9. The highest BCUT2D eigenvalue weighted by atomic mass is 32.1. The molecule has 6 nitrogen and oxygen atoms in total. The Kier molecular flexibility index (Phi) is 8.34. The van der Waals surface area contributed by atoms with Crippen LogP contribution < -0.4 is 5.32 Å². The van der Waals surface area contributed by atoms with Crippen molar-refractivity contribution in [3.8, 4) is 0 Å². The van der Waals surface area contributed by atoms with E-state index in [-0.39, 0.29) is 5.91 Å². The lowest BCUT2D eigenvalue weighted by atomic mass is 10.2. The fraction of sp³-hybridized carbons (Fsp3) is 0.429. The molecule has 1 amide bonds. The highest BCUT2D eigenvalue weighted by molar-refractivity contribution is 7.11. The number of ether oxygens (including phenoxy) is 2. The quantitative estimate of drug-likeness (QED) is 0.506. The fourth-order valence-electron chi connectivity index (χ4n) is 1.44. The van der Waals surface area contributed by atoms with Crippen molar-refractivity contribution in [1.29, 1.82) is 0 Å². The molecule has 0 atom stereocenters. The highest BCUT2D eigenvalue weighted by Crippen LogP contribution is 2.16. The maximum absolute atomic E-state index is 11.8. The second-order valence-electron chi connectivity index (χ2n) is 4.12. The van der Waals surface area contributed by atoms with E-state index in [1.165, 1.54) is 17.4 Å². The smallest absolute Gasteiger partial charge is 0.328 e. The monoisotopic (exact) mass is 313 g/mol. The minimum absolute atomic E-state index is 0.168. The van der Waals surface area contributed by atoms with Crippen molar-refractivity contribution in [3.63, 3.8) is 0 Å². The highest BCUT2D eigenvalue weighted by Gasteiger charge is 2.07. The van der Waals surface area contributed by atoms with Crippen LogP contribution in [0.4, 0.5) is 0 Å². The number of carbonyl (C=O) groups is 2. The summed E-state index contributed by atoms with van der Waals surface area (Å²) in [6.45, 7) is 2.21. The maximum Gasteiger partial charge on any atom is 0.328 e. The molecule has 0 saturated carbocycles. The minimum atomic E-state index is -1.01. The van der Waals surface area contributed by atoms with Crippen molar-refractivity contribution in [2.24, 2.45) is 0 Å². The Morgan fingerprint density at radius 2 is 2.19 bits per heavy atom. The number of nitrogens with one attached hydrogen (secondary N) is 1. The number of hydrogen-bond acceptors (Lipinski definition) is 5. The fourth-order valence-corrected chi connectivity index (χ4v) is 2.21. The van der Waals surface area contributed by atoms with Gasteiger partial charge in [-0.05, 0) is 18.6 Å². The number of thiophene rings is 1. The molecule has 21 heavy (non-hydrogen) atoms. The van der Waals surface area contributed by atoms with E-state index < -0.39 is 5.97 Å². The van der Waals surface area contributed by atoms with Gasteiger partial charge in [-0.25, -0.2) is 4.79 Å². The molecule has 0 aliphatic carbocycles. The number of carboxylic acids is 1. The van der Waals surface area contributed by atoms with Gasteiger partial charge in [0.1, 0.15) is 0 Å². The standard InChI is InChI=1S/C14H19NO5S/c1-19-7-8-20-6-2-5-15-14(18)11-9-12(21-10-11)3-4-13(16)17/h3-4,9-10H,2,5-8H2,1H3,(H,15,18)(H,16,17)/b4-3+. The van der Waals surface area contributed by atoms with Gasteiger partial charge >= 0.3 is 5.97 Å². The molecule has 0 saturated heterocycles. The third kappa shape index (κ3) is 7.60. The van der Waals surface area contributed by atoms with Crippen molar-refractivity contribution < 1.29 is 24.2 Å². The molecule has 2 N–H and O–H groups in total. The van der Waals surface area contributed by atoms with Gasteiger partial charge in [-0.15, -0.1) is 11.3 Å². The number of aliphatic carboxylic acids is 1. The zero-order valence-corrected chi connectivity index (χ0v) is 12.6. The molecule has 1 rings (SSSR count). The first kappa shape index (κ1) is 17.4. The van der Waals surface area contributed by atoms with Crippen molar-refractivity contribution in [2.75, 3.05) is 33.5 Å². The molecule has 0 unspecified atom stereocenters. The summed E-state index contributed by atoms with van der Waals surface area (Å²) < 4.78 is 10.1. The van der Waals surface area contributed by atoms with E-state index in [4.69, 9.17) is 14.6 Å². The molecule has 0 spiro atoms. The molecule has 0 bridgehead atoms. The van der Waals surface area contributed by atoms with Gasteiger partial charge in [0.15, 0.2) is 0 Å². The van der Waals surface area contributed by atoms with E-state index in [1.54, 1.807) is 18.6 Å². The molecule has 1 aromatic heterocycles. The van der Waals surface area contributed by atoms with Crippen LogP contribution in [-0.2, 0) is 14.3 Å². The molecule has 0 radical (unpaired) electrons. The third-order valence-corrected chi connectivity index (χ3v) is 3.35. The predicted molar refractivity (Wildman–Crippen MR) is 80.6 cm³/mol. The molecular formula is C14H19NO5S. The summed E-state index contributed by atoms with van der Waals surface area (Å²) in [6.07, 6.45) is 3.24. The molecule has 116 valence electrons. The van der Waals surface area contributed by atoms with Gasteiger partial charge in [-0.2, -0.15) is 0 Å². The molecule has 0 aliphatic rings. The van der Waals surface area contributed by atoms with E-state index in [9.17, 15) is 9.59 Å². The van der Waals surface area contributed by atoms with E-state index in [1.807, 2.05) is 0 Å². The van der Waals surface area contributed by atoms with Gasteiger partial charge in [0.05, 0.1) is 18.8 Å². The first-order valence-corrected chi connectivity index (χ1v) is 7.36. The SMILES string of the molecule is COCCOCCCNC(=O)c1csc(/C=C/C(=O)O)c1. The Morgan fingerprint density at radius 3 is 2.90 bits per heavy atom. The first-order chi connectivity index (χ1) is 10.1. The van der Waals surface area contributed by atoms with Crippen LogP contribution in [0.25, 0.3) is 6.08 Å². The molecule has 1 aromatic rings. The number of amides is 1. The summed E-state index contributed by atoms with van der Waals surface area (Å²) in [5.74, 6) is -1.18. The first-order valence-electron chi connectivity index (χ1n) is 6.48. The topological polar surface area (TPSA) is 84.9 Å². The molecule has 1 heterocycles. The van der Waals surface area contributed by atoms with Crippen LogP contribution in [0.1, 0.15) is 21.7 Å². The van der Waals surface area contributed by atoms with E-state index in [0.717, 1.165) is 17.4 Å². The van der Waals surface area contributed by atoms with Crippen LogP contribution in [0.2, 0.25) is 0 Å². The number of carboxylic acid groups (broad SMARTS) is 1. The van der Waals surface area contributed by atoms with E-state index in [2.05, 4.69) is 5.32 Å². The summed E-state index contributed by atoms with van der Waals surface area (Å²) in [5.41, 5.74) is 0.533. The minimum Gasteiger partial charge on any atom is -0.478 e. The van der Waals surface area contributed by atoms with Gasteiger partial charge in [0, 0.05) is 36.6 Å². The molecule has 0 aromatic carbocycles. The Labute approximate surface area is 127 Å². The second-order valence-corrected chi connectivity index (χ2v) is 5.07. The lowest BCUT2D eigenvalue weighted by Gasteiger charge is -2.05. The molecule has 0 fully saturated rings. The Balaban J connectivity index is 2.24. The van der Waals surface area contributed by atoms with E-state index in [0.29, 0.717) is 31.9 Å². The van der Waals surface area contributed by atoms with Crippen molar-refractivity contribution in [2.45, 2.75) is 6.42 Å². The third-order valence-electron chi connectivity index (χ3n) is 2.45. The van der Waals surface area contributed by atoms with Crippen LogP contribution in [0.5, 0.6) is 0 Å². The van der Waals surface area contributed by atoms with Crippen molar-refractivity contribution >= 4 is 29.3 Å². The Bertz CT molecular complexity index is 483. The number of rotatable bonds is 10. The van der Waals surface area contributed by atoms with Crippen LogP contribution in [0, 0.1) is 0 Å². The average Bonchev–Trinajstić information content (AvgIpc) is 2.93. The molecular weight excluding hydrogens is 294 g/mol. The number of hydrogen-bond donors (Lipinski definition) is 2. The van der Waals surface area contributed by atoms with Crippen LogP contribution in [-0.4, -0.2) is 50.5 Å². The molecule has 7 heteroatoms. The summed E-state index contributed by atoms with van der Waals surface area (Å²) in [7, 11) is 1.62. The predicted octanol–water partition coefficient (Wildman–Crippen LogP) is 1.63. The second kappa shape index (κ2) is 10.1. The van der Waals surface area contributed by atoms with Gasteiger partial charge < -0.3 is 19.9 Å². The van der Waals surface area contributed by atoms with Crippen LogP contribution in [0.15, 0.2) is 17.5 Å². The number of carbonyl (C=O) groups excluding carboxylic acids is 1. The average molecular weight is 313 g/mol. The van der Waals surface area contributed by atoms with E-state index >= 15 is 0 Å². The number of methoxy groups -OCH3 is 1. The van der Waals surface area contributed by atoms with Crippen LogP contribution >= 0.6 is 11.3 Å². The van der Waals surface area contributed by atoms with Crippen LogP contribution in [0.3, 0.4) is 0 Å². The van der Waals surface area contributed by atoms with Gasteiger partial charge in [0.25, 0.3) is 5.91 Å². The summed E-state index contributed by atoms with van der Waals surface area (Å²) in [5, 5.41) is 13.0. The Morgan fingerprint density at radius 1 is 1.38 bits per heavy atom. The lowest BCUT2D eigenvalue weighted by Crippen LogP contribution is -2.24. The zero-order chi connectivity index (χ0) is 15.5. The van der Waals surface area contributed by atoms with Gasteiger partial charge in [-0.3, -0.25) is 4.79 Å². The summed E-state index contributed by atoms with van der Waals surface area (Å²) >= 11 is 1.32. The van der Waals surface area contributed by atoms with Gasteiger partial charge in [0.2, 0.25) is 0 Å². The molecule has 0 aliphatic heterocycles. The summed E-state index contributed by atoms with van der Waals surface area (Å²) in [6, 6.07) is 1.66. The van der Waals surface area contributed by atoms with Crippen molar-refractivity contribution in [3.05, 3.63) is 28.0 Å². The van der Waals surface area contributed by atoms with Crippen molar-refractivity contribution in [1.82, 2.24) is 5.32 Å². The largest absolute Gasteiger partial charge is 0.478 e. The zero-order valence-electron chi connectivity index (χ0n) is 11.8. The Hall–Kier alpha value is -1.70. The summed E-state index contributed by atoms with van der Waals surface area (Å²) in [4.78, 5) is 23.0. The van der Waals surface area contributed by atoms with Gasteiger partial charge in [-0.1, -0.05) is 0 Å². The maximum atomic E-state index is 11.8.